The van der Waals surface area contributed by atoms with Crippen molar-refractivity contribution in [2.75, 3.05) is 5.32 Å². The Hall–Kier alpha value is -2.54. The number of aromatic nitrogens is 1. The van der Waals surface area contributed by atoms with E-state index >= 15 is 0 Å². The van der Waals surface area contributed by atoms with E-state index in [1.165, 1.54) is 11.3 Å². The highest BCUT2D eigenvalue weighted by molar-refractivity contribution is 7.21. The molecule has 164 valence electrons. The average molecular weight is 534 g/mol. The maximum Gasteiger partial charge on any atom is 0.291 e. The molecule has 3 aromatic carbocycles. The molecule has 0 saturated heterocycles. The number of para-hydroxylation sites is 1. The molecule has 2 aromatic heterocycles. The summed E-state index contributed by atoms with van der Waals surface area (Å²) in [5, 5.41) is 5.21. The fourth-order valence-corrected chi connectivity index (χ4v) is 5.23. The number of furan rings is 1. The predicted molar refractivity (Wildman–Crippen MR) is 137 cm³/mol. The number of benzene rings is 3. The minimum Gasteiger partial charge on any atom is -0.451 e. The standard InChI is InChI=1S/C24H12Cl4N2O2S/c25-12-5-6-15(26)13(9-12)20-7-8-21(32-20)23(31)29-19-10-14(16(27)11-17(19)28)24-30-18-3-1-2-4-22(18)33-24/h1-11H,(H,29,31). The first kappa shape index (κ1) is 22.3. The SMILES string of the molecule is O=C(Nc1cc(-c2nc3ccccc3s2)c(Cl)cc1Cl)c1ccc(-c2cc(Cl)ccc2Cl)o1. The highest BCUT2D eigenvalue weighted by Gasteiger charge is 2.18. The molecule has 0 aliphatic carbocycles. The van der Waals surface area contributed by atoms with Crippen molar-refractivity contribution in [2.24, 2.45) is 0 Å². The van der Waals surface area contributed by atoms with Gasteiger partial charge in [0.1, 0.15) is 10.8 Å². The highest BCUT2D eigenvalue weighted by Crippen LogP contribution is 2.39. The van der Waals surface area contributed by atoms with Crippen LogP contribution < -0.4 is 5.32 Å². The van der Waals surface area contributed by atoms with Crippen LogP contribution in [0, 0.1) is 0 Å². The fraction of sp³-hybridized carbons (Fsp3) is 0. The molecule has 0 saturated carbocycles. The molecule has 1 N–H and O–H groups in total. The first-order valence-corrected chi connectivity index (χ1v) is 11.9. The van der Waals surface area contributed by atoms with Crippen LogP contribution in [0.3, 0.4) is 0 Å². The van der Waals surface area contributed by atoms with Gasteiger partial charge >= 0.3 is 0 Å². The van der Waals surface area contributed by atoms with Gasteiger partial charge in [-0.1, -0.05) is 58.5 Å². The van der Waals surface area contributed by atoms with Crippen molar-refractivity contribution in [1.29, 1.82) is 0 Å². The normalized spacial score (nSPS) is 11.2. The summed E-state index contributed by atoms with van der Waals surface area (Å²) in [6, 6.07) is 19.3. The van der Waals surface area contributed by atoms with Crippen LogP contribution in [-0.4, -0.2) is 10.9 Å². The topological polar surface area (TPSA) is 55.1 Å². The second-order valence-electron chi connectivity index (χ2n) is 7.04. The molecule has 0 spiro atoms. The molecule has 1 amide bonds. The molecule has 2 heterocycles. The van der Waals surface area contributed by atoms with Gasteiger partial charge in [0.05, 0.1) is 31.0 Å². The maximum absolute atomic E-state index is 12.9. The first-order valence-electron chi connectivity index (χ1n) is 9.60. The summed E-state index contributed by atoms with van der Waals surface area (Å²) in [6.07, 6.45) is 0. The van der Waals surface area contributed by atoms with E-state index in [9.17, 15) is 4.79 Å². The fourth-order valence-electron chi connectivity index (χ4n) is 3.27. The number of thiazole rings is 1. The zero-order valence-electron chi connectivity index (χ0n) is 16.5. The minimum atomic E-state index is -0.473. The molecule has 0 unspecified atom stereocenters. The Bertz CT molecular complexity index is 1490. The van der Waals surface area contributed by atoms with Crippen LogP contribution in [0.2, 0.25) is 20.1 Å². The third kappa shape index (κ3) is 4.47. The van der Waals surface area contributed by atoms with Crippen molar-refractivity contribution in [1.82, 2.24) is 4.98 Å². The van der Waals surface area contributed by atoms with Crippen LogP contribution in [0.15, 0.2) is 71.1 Å². The van der Waals surface area contributed by atoms with E-state index in [0.717, 1.165) is 15.2 Å². The van der Waals surface area contributed by atoms with Gasteiger partial charge in [-0.15, -0.1) is 11.3 Å². The molecule has 0 aliphatic heterocycles. The maximum atomic E-state index is 12.9. The second kappa shape index (κ2) is 9.01. The number of hydrogen-bond donors (Lipinski definition) is 1. The van der Waals surface area contributed by atoms with Crippen molar-refractivity contribution in [3.63, 3.8) is 0 Å². The van der Waals surface area contributed by atoms with Gasteiger partial charge in [0.25, 0.3) is 5.91 Å². The molecule has 4 nitrogen and oxygen atoms in total. The van der Waals surface area contributed by atoms with E-state index < -0.39 is 5.91 Å². The van der Waals surface area contributed by atoms with Gasteiger partial charge in [-0.05, 0) is 54.6 Å². The van der Waals surface area contributed by atoms with Gasteiger partial charge in [0.15, 0.2) is 5.76 Å². The zero-order valence-corrected chi connectivity index (χ0v) is 20.4. The van der Waals surface area contributed by atoms with Gasteiger partial charge in [-0.2, -0.15) is 0 Å². The Morgan fingerprint density at radius 1 is 0.848 bits per heavy atom. The molecule has 0 bridgehead atoms. The number of amides is 1. The van der Waals surface area contributed by atoms with Crippen LogP contribution >= 0.6 is 57.7 Å². The lowest BCUT2D eigenvalue weighted by Gasteiger charge is -2.09. The Morgan fingerprint density at radius 3 is 2.48 bits per heavy atom. The van der Waals surface area contributed by atoms with Gasteiger partial charge in [-0.25, -0.2) is 4.98 Å². The Kier molecular flexibility index (Phi) is 6.08. The summed E-state index contributed by atoms with van der Waals surface area (Å²) in [4.78, 5) is 17.5. The summed E-state index contributed by atoms with van der Waals surface area (Å²) < 4.78 is 6.76. The first-order chi connectivity index (χ1) is 15.9. The Balaban J connectivity index is 1.45. The van der Waals surface area contributed by atoms with Gasteiger partial charge < -0.3 is 9.73 Å². The van der Waals surface area contributed by atoms with E-state index in [-0.39, 0.29) is 5.76 Å². The molecule has 9 heteroatoms. The Labute approximate surface area is 212 Å². The summed E-state index contributed by atoms with van der Waals surface area (Å²) in [5.74, 6) is 0.0393. The van der Waals surface area contributed by atoms with Crippen molar-refractivity contribution < 1.29 is 9.21 Å². The summed E-state index contributed by atoms with van der Waals surface area (Å²) in [6.45, 7) is 0. The van der Waals surface area contributed by atoms with Crippen LogP contribution in [0.25, 0.3) is 32.1 Å². The second-order valence-corrected chi connectivity index (χ2v) is 9.73. The number of anilines is 1. The number of halogens is 4. The monoisotopic (exact) mass is 532 g/mol. The molecular weight excluding hydrogens is 522 g/mol. The average Bonchev–Trinajstić information content (AvgIpc) is 3.44. The van der Waals surface area contributed by atoms with E-state index in [2.05, 4.69) is 10.3 Å². The molecule has 5 rings (SSSR count). The minimum absolute atomic E-state index is 0.0913. The van der Waals surface area contributed by atoms with Gasteiger partial charge in [-0.3, -0.25) is 4.79 Å². The number of hydrogen-bond acceptors (Lipinski definition) is 4. The molecule has 5 aromatic rings. The smallest absolute Gasteiger partial charge is 0.291 e. The van der Waals surface area contributed by atoms with Gasteiger partial charge in [0, 0.05) is 16.1 Å². The largest absolute Gasteiger partial charge is 0.451 e. The molecule has 0 radical (unpaired) electrons. The van der Waals surface area contributed by atoms with Crippen LogP contribution in [0.5, 0.6) is 0 Å². The number of carbonyl (C=O) groups excluding carboxylic acids is 1. The molecule has 0 fully saturated rings. The molecule has 0 atom stereocenters. The van der Waals surface area contributed by atoms with Crippen molar-refractivity contribution >= 4 is 79.6 Å². The quantitative estimate of drug-likeness (QED) is 0.250. The third-order valence-corrected chi connectivity index (χ3v) is 7.11. The van der Waals surface area contributed by atoms with Crippen molar-refractivity contribution in [2.45, 2.75) is 0 Å². The van der Waals surface area contributed by atoms with E-state index in [0.29, 0.717) is 42.7 Å². The molecule has 0 aliphatic rings. The van der Waals surface area contributed by atoms with Crippen LogP contribution in [-0.2, 0) is 0 Å². The summed E-state index contributed by atoms with van der Waals surface area (Å²) in [5.41, 5.74) is 2.52. The predicted octanol–water partition coefficient (Wildman–Crippen LogP) is 9.09. The Morgan fingerprint density at radius 2 is 1.67 bits per heavy atom. The third-order valence-electron chi connectivity index (χ3n) is 4.85. The number of carbonyl (C=O) groups is 1. The van der Waals surface area contributed by atoms with Crippen LogP contribution in [0.4, 0.5) is 5.69 Å². The zero-order chi connectivity index (χ0) is 23.1. The van der Waals surface area contributed by atoms with Crippen molar-refractivity contribution in [3.8, 4) is 21.9 Å². The van der Waals surface area contributed by atoms with E-state index in [1.807, 2.05) is 24.3 Å². The van der Waals surface area contributed by atoms with E-state index in [4.69, 9.17) is 50.8 Å². The lowest BCUT2D eigenvalue weighted by Crippen LogP contribution is -2.11. The van der Waals surface area contributed by atoms with Crippen LogP contribution in [0.1, 0.15) is 10.6 Å². The number of nitrogens with zero attached hydrogens (tertiary/aromatic N) is 1. The molecular formula is C24H12Cl4N2O2S. The van der Waals surface area contributed by atoms with Gasteiger partial charge in [0.2, 0.25) is 0 Å². The van der Waals surface area contributed by atoms with Crippen molar-refractivity contribution in [3.05, 3.63) is 92.6 Å². The van der Waals surface area contributed by atoms with E-state index in [1.54, 1.807) is 42.5 Å². The molecule has 33 heavy (non-hydrogen) atoms. The lowest BCUT2D eigenvalue weighted by molar-refractivity contribution is 0.0997. The highest BCUT2D eigenvalue weighted by atomic mass is 35.5. The number of nitrogens with one attached hydrogen (secondary N) is 1. The number of rotatable bonds is 4. The lowest BCUT2D eigenvalue weighted by atomic mass is 10.2. The summed E-state index contributed by atoms with van der Waals surface area (Å²) in [7, 11) is 0. The number of fused-ring (bicyclic) bond motifs is 1. The summed E-state index contributed by atoms with van der Waals surface area (Å²) >= 11 is 26.6.